The fourth-order valence-corrected chi connectivity index (χ4v) is 3.39. The molecule has 112 valence electrons. The molecule has 0 spiro atoms. The molecule has 2 N–H and O–H groups in total. The summed E-state index contributed by atoms with van der Waals surface area (Å²) in [5.41, 5.74) is 3.83. The fraction of sp³-hybridized carbons (Fsp3) is 0.667. The van der Waals surface area contributed by atoms with E-state index in [0.717, 1.165) is 6.54 Å². The summed E-state index contributed by atoms with van der Waals surface area (Å²) in [5.74, 6) is 0. The molecule has 0 atom stereocenters. The summed E-state index contributed by atoms with van der Waals surface area (Å²) in [6.45, 7) is 13.5. The monoisotopic (exact) mass is 274 g/mol. The van der Waals surface area contributed by atoms with Gasteiger partial charge in [0.2, 0.25) is 0 Å². The Kier molecular flexibility index (Phi) is 4.74. The van der Waals surface area contributed by atoms with Crippen molar-refractivity contribution in [2.75, 3.05) is 6.54 Å². The molecule has 2 saturated carbocycles. The van der Waals surface area contributed by atoms with E-state index >= 15 is 0 Å². The molecule has 0 bridgehead atoms. The van der Waals surface area contributed by atoms with Gasteiger partial charge in [-0.1, -0.05) is 45.4 Å². The Labute approximate surface area is 124 Å². The van der Waals surface area contributed by atoms with Crippen LogP contribution in [0.3, 0.4) is 0 Å². The minimum absolute atomic E-state index is 0.415. The zero-order chi connectivity index (χ0) is 14.6. The summed E-state index contributed by atoms with van der Waals surface area (Å²) < 4.78 is 0. The summed E-state index contributed by atoms with van der Waals surface area (Å²) in [7, 11) is 0. The molecule has 2 aliphatic carbocycles. The molecule has 0 aromatic heterocycles. The average molecular weight is 274 g/mol. The minimum atomic E-state index is 0.415. The van der Waals surface area contributed by atoms with E-state index in [0.29, 0.717) is 11.0 Å². The zero-order valence-corrected chi connectivity index (χ0v) is 13.2. The summed E-state index contributed by atoms with van der Waals surface area (Å²) in [4.78, 5) is 0. The highest BCUT2D eigenvalue weighted by atomic mass is 15.2. The van der Waals surface area contributed by atoms with Crippen molar-refractivity contribution in [1.82, 2.24) is 10.6 Å². The third-order valence-corrected chi connectivity index (χ3v) is 5.01. The van der Waals surface area contributed by atoms with Crippen molar-refractivity contribution in [3.8, 4) is 0 Å². The van der Waals surface area contributed by atoms with Crippen LogP contribution in [-0.4, -0.2) is 12.1 Å². The van der Waals surface area contributed by atoms with Crippen molar-refractivity contribution >= 4 is 0 Å². The first-order valence-electron chi connectivity index (χ1n) is 8.12. The number of unbranched alkanes of at least 4 members (excludes halogenated alkanes) is 1. The van der Waals surface area contributed by atoms with Crippen molar-refractivity contribution in [3.63, 3.8) is 0 Å². The van der Waals surface area contributed by atoms with Crippen LogP contribution in [-0.2, 0) is 0 Å². The van der Waals surface area contributed by atoms with Crippen LogP contribution in [0.5, 0.6) is 0 Å². The first-order chi connectivity index (χ1) is 9.64. The van der Waals surface area contributed by atoms with Gasteiger partial charge >= 0.3 is 0 Å². The van der Waals surface area contributed by atoms with Crippen molar-refractivity contribution < 1.29 is 0 Å². The Hall–Kier alpha value is -1.02. The highest BCUT2D eigenvalue weighted by Crippen LogP contribution is 2.82. The lowest BCUT2D eigenvalue weighted by Crippen LogP contribution is -2.26. The molecule has 20 heavy (non-hydrogen) atoms. The van der Waals surface area contributed by atoms with Crippen LogP contribution in [0.4, 0.5) is 0 Å². The topological polar surface area (TPSA) is 24.1 Å². The second-order valence-electron chi connectivity index (χ2n) is 6.50. The molecule has 0 aromatic rings. The maximum absolute atomic E-state index is 4.31. The molecule has 0 aromatic carbocycles. The van der Waals surface area contributed by atoms with Crippen molar-refractivity contribution in [2.45, 2.75) is 64.3 Å². The summed E-state index contributed by atoms with van der Waals surface area (Å²) in [5, 5.41) is 6.93. The predicted octanol–water partition coefficient (Wildman–Crippen LogP) is 4.27. The van der Waals surface area contributed by atoms with E-state index in [1.165, 1.54) is 56.1 Å². The van der Waals surface area contributed by atoms with Crippen molar-refractivity contribution in [3.05, 3.63) is 36.7 Å². The molecule has 2 aliphatic rings. The van der Waals surface area contributed by atoms with Gasteiger partial charge in [-0.3, -0.25) is 0 Å². The maximum atomic E-state index is 4.31. The molecule has 0 unspecified atom stereocenters. The Balaban J connectivity index is 1.80. The van der Waals surface area contributed by atoms with Crippen LogP contribution >= 0.6 is 0 Å². The first-order valence-corrected chi connectivity index (χ1v) is 8.12. The van der Waals surface area contributed by atoms with Gasteiger partial charge in [0.25, 0.3) is 0 Å². The first kappa shape index (κ1) is 15.4. The second-order valence-corrected chi connectivity index (χ2v) is 6.50. The van der Waals surface area contributed by atoms with Crippen LogP contribution in [0.15, 0.2) is 36.7 Å². The predicted molar refractivity (Wildman–Crippen MR) is 87.4 cm³/mol. The molecule has 0 radical (unpaired) electrons. The number of hydrogen-bond donors (Lipinski definition) is 2. The molecule has 2 rings (SSSR count). The molecule has 2 nitrogen and oxygen atoms in total. The van der Waals surface area contributed by atoms with Gasteiger partial charge in [-0.25, -0.2) is 0 Å². The van der Waals surface area contributed by atoms with Crippen molar-refractivity contribution in [2.24, 2.45) is 5.41 Å². The summed E-state index contributed by atoms with van der Waals surface area (Å²) in [6, 6.07) is 0. The van der Waals surface area contributed by atoms with Crippen LogP contribution < -0.4 is 10.6 Å². The summed E-state index contributed by atoms with van der Waals surface area (Å²) in [6.07, 6.45) is 12.6. The highest BCUT2D eigenvalue weighted by Gasteiger charge is 2.83. The van der Waals surface area contributed by atoms with Gasteiger partial charge in [-0.2, -0.15) is 0 Å². The Bertz CT molecular complexity index is 400. The Morgan fingerprint density at radius 2 is 1.95 bits per heavy atom. The minimum Gasteiger partial charge on any atom is -0.368 e. The third kappa shape index (κ3) is 2.85. The third-order valence-electron chi connectivity index (χ3n) is 5.01. The molecule has 0 amide bonds. The largest absolute Gasteiger partial charge is 0.368 e. The number of fused-ring (bicyclic) bond motifs is 1. The molecular formula is C18H30N2. The number of nitrogens with one attached hydrogen (secondary N) is 2. The molecule has 2 heteroatoms. The lowest BCUT2D eigenvalue weighted by atomic mass is 10.0. The standard InChI is InChI=1S/C18H30N2/c1-5-8-10-16(11-19-7-3)12-20-18-13-17(18,14-18)15(4)9-6-2/h7,11,19-20H,3-6,8-10,12-14H2,1-2H3/b16-11-. The van der Waals surface area contributed by atoms with E-state index in [1.54, 1.807) is 6.20 Å². The van der Waals surface area contributed by atoms with E-state index < -0.39 is 0 Å². The molecule has 0 saturated heterocycles. The highest BCUT2D eigenvalue weighted by molar-refractivity contribution is 5.49. The van der Waals surface area contributed by atoms with E-state index in [4.69, 9.17) is 0 Å². The lowest BCUT2D eigenvalue weighted by Gasteiger charge is -2.10. The molecule has 2 fully saturated rings. The van der Waals surface area contributed by atoms with E-state index in [-0.39, 0.29) is 0 Å². The summed E-state index contributed by atoms with van der Waals surface area (Å²) >= 11 is 0. The van der Waals surface area contributed by atoms with Crippen LogP contribution in [0, 0.1) is 5.41 Å². The van der Waals surface area contributed by atoms with E-state index in [1.807, 2.05) is 0 Å². The second kappa shape index (κ2) is 6.17. The maximum Gasteiger partial charge on any atom is 0.0297 e. The SMILES string of the molecule is C=CN/C=C(/CCCC)CNC12CC1(C(=C)CCC)C2. The molecule has 0 heterocycles. The normalized spacial score (nSPS) is 30.6. The fourth-order valence-electron chi connectivity index (χ4n) is 3.39. The number of rotatable bonds is 11. The number of hydrogen-bond acceptors (Lipinski definition) is 2. The smallest absolute Gasteiger partial charge is 0.0297 e. The molecule has 0 aliphatic heterocycles. The van der Waals surface area contributed by atoms with Gasteiger partial charge in [0, 0.05) is 23.7 Å². The van der Waals surface area contributed by atoms with Gasteiger partial charge in [0.1, 0.15) is 0 Å². The lowest BCUT2D eigenvalue weighted by molar-refractivity contribution is 0.602. The van der Waals surface area contributed by atoms with Crippen LogP contribution in [0.2, 0.25) is 0 Å². The average Bonchev–Trinajstić information content (AvgIpc) is 3.25. The van der Waals surface area contributed by atoms with Crippen molar-refractivity contribution in [1.29, 1.82) is 0 Å². The van der Waals surface area contributed by atoms with Gasteiger partial charge in [0.05, 0.1) is 0 Å². The Morgan fingerprint density at radius 1 is 1.20 bits per heavy atom. The zero-order valence-electron chi connectivity index (χ0n) is 13.2. The van der Waals surface area contributed by atoms with Gasteiger partial charge in [-0.05, 0) is 43.9 Å². The van der Waals surface area contributed by atoms with E-state index in [2.05, 4.69) is 43.8 Å². The van der Waals surface area contributed by atoms with Gasteiger partial charge in [0.15, 0.2) is 0 Å². The molecular weight excluding hydrogens is 244 g/mol. The van der Waals surface area contributed by atoms with E-state index in [9.17, 15) is 0 Å². The van der Waals surface area contributed by atoms with Gasteiger partial charge < -0.3 is 10.6 Å². The van der Waals surface area contributed by atoms with Gasteiger partial charge in [-0.15, -0.1) is 0 Å². The van der Waals surface area contributed by atoms with Crippen LogP contribution in [0.1, 0.15) is 58.8 Å². The quantitative estimate of drug-likeness (QED) is 0.550. The van der Waals surface area contributed by atoms with Crippen LogP contribution in [0.25, 0.3) is 0 Å². The Morgan fingerprint density at radius 3 is 2.55 bits per heavy atom.